The van der Waals surface area contributed by atoms with Crippen molar-refractivity contribution in [2.24, 2.45) is 0 Å². The highest BCUT2D eigenvalue weighted by Crippen LogP contribution is 2.26. The number of nitrogens with zero attached hydrogens (tertiary/aromatic N) is 2. The van der Waals surface area contributed by atoms with Gasteiger partial charge in [-0.15, -0.1) is 0 Å². The lowest BCUT2D eigenvalue weighted by molar-refractivity contribution is 0.179. The second-order valence-electron chi connectivity index (χ2n) is 4.01. The third-order valence-electron chi connectivity index (χ3n) is 2.70. The number of rotatable bonds is 2. The molecule has 2 aromatic rings. The molecule has 0 bridgehead atoms. The lowest BCUT2D eigenvalue weighted by atomic mass is 10.1. The van der Waals surface area contributed by atoms with E-state index < -0.39 is 17.5 Å². The van der Waals surface area contributed by atoms with E-state index in [0.29, 0.717) is 11.8 Å². The van der Waals surface area contributed by atoms with Gasteiger partial charge in [0.2, 0.25) is 0 Å². The number of hydrogen-bond acceptors (Lipinski definition) is 4. The van der Waals surface area contributed by atoms with Crippen LogP contribution in [0.4, 0.5) is 18.9 Å². The zero-order chi connectivity index (χ0) is 14.1. The van der Waals surface area contributed by atoms with Crippen molar-refractivity contribution in [1.29, 1.82) is 0 Å². The van der Waals surface area contributed by atoms with E-state index in [1.165, 1.54) is 11.2 Å². The van der Waals surface area contributed by atoms with Gasteiger partial charge < -0.3 is 4.84 Å². The third-order valence-corrected chi connectivity index (χ3v) is 2.70. The summed E-state index contributed by atoms with van der Waals surface area (Å²) in [5, 5.41) is 1.43. The Labute approximate surface area is 112 Å². The molecule has 1 aromatic carbocycles. The van der Waals surface area contributed by atoms with Crippen molar-refractivity contribution < 1.29 is 18.0 Å². The van der Waals surface area contributed by atoms with Crippen molar-refractivity contribution in [2.75, 3.05) is 5.01 Å². The molecule has 1 aromatic heterocycles. The Balaban J connectivity index is 1.95. The first kappa shape index (κ1) is 12.5. The van der Waals surface area contributed by atoms with E-state index in [4.69, 9.17) is 4.84 Å². The molecule has 1 N–H and O–H groups in total. The summed E-state index contributed by atoms with van der Waals surface area (Å²) in [5.41, 5.74) is 2.97. The van der Waals surface area contributed by atoms with E-state index in [0.717, 1.165) is 6.07 Å². The van der Waals surface area contributed by atoms with Crippen molar-refractivity contribution in [3.63, 3.8) is 0 Å². The van der Waals surface area contributed by atoms with Crippen molar-refractivity contribution >= 4 is 11.4 Å². The number of benzene rings is 1. The van der Waals surface area contributed by atoms with Gasteiger partial charge in [-0.3, -0.25) is 4.98 Å². The predicted octanol–water partition coefficient (Wildman–Crippen LogP) is 2.75. The lowest BCUT2D eigenvalue weighted by Crippen LogP contribution is -2.26. The summed E-state index contributed by atoms with van der Waals surface area (Å²) < 4.78 is 39.7. The molecule has 102 valence electrons. The first-order valence-corrected chi connectivity index (χ1v) is 5.63. The van der Waals surface area contributed by atoms with Gasteiger partial charge in [-0.2, -0.15) is 0 Å². The first-order valence-electron chi connectivity index (χ1n) is 5.63. The summed E-state index contributed by atoms with van der Waals surface area (Å²) >= 11 is 0. The number of hydrogen-bond donors (Lipinski definition) is 1. The Hall–Kier alpha value is -2.54. The maximum Gasteiger partial charge on any atom is 0.177 e. The molecule has 0 unspecified atom stereocenters. The number of anilines is 1. The van der Waals surface area contributed by atoms with Crippen molar-refractivity contribution in [1.82, 2.24) is 10.6 Å². The van der Waals surface area contributed by atoms with E-state index in [1.54, 1.807) is 24.5 Å². The summed E-state index contributed by atoms with van der Waals surface area (Å²) in [5.74, 6) is -3.28. The van der Waals surface area contributed by atoms with Crippen molar-refractivity contribution in [2.45, 2.75) is 0 Å². The Morgan fingerprint density at radius 2 is 1.90 bits per heavy atom. The quantitative estimate of drug-likeness (QED) is 0.858. The van der Waals surface area contributed by atoms with Crippen LogP contribution in [0, 0.1) is 17.5 Å². The monoisotopic (exact) mass is 279 g/mol. The number of aromatic nitrogens is 1. The molecule has 0 aliphatic carbocycles. The zero-order valence-electron chi connectivity index (χ0n) is 9.98. The first-order chi connectivity index (χ1) is 9.65. The molecule has 1 aliphatic heterocycles. The van der Waals surface area contributed by atoms with Gasteiger partial charge in [0.05, 0.1) is 23.6 Å². The molecule has 0 amide bonds. The zero-order valence-corrected chi connectivity index (χ0v) is 9.98. The fraction of sp³-hybridized carbons (Fsp3) is 0. The van der Waals surface area contributed by atoms with Gasteiger partial charge in [-0.1, -0.05) is 5.59 Å². The van der Waals surface area contributed by atoms with Gasteiger partial charge in [0, 0.05) is 12.3 Å². The fourth-order valence-corrected chi connectivity index (χ4v) is 1.73. The van der Waals surface area contributed by atoms with Gasteiger partial charge in [-0.25, -0.2) is 18.2 Å². The molecule has 0 spiro atoms. The molecule has 0 radical (unpaired) electrons. The lowest BCUT2D eigenvalue weighted by Gasteiger charge is -2.12. The number of pyridine rings is 1. The van der Waals surface area contributed by atoms with Crippen molar-refractivity contribution in [3.8, 4) is 0 Å². The fourth-order valence-electron chi connectivity index (χ4n) is 1.73. The van der Waals surface area contributed by atoms with Gasteiger partial charge >= 0.3 is 0 Å². The second kappa shape index (κ2) is 4.86. The molecular weight excluding hydrogens is 271 g/mol. The minimum Gasteiger partial charge on any atom is -0.386 e. The van der Waals surface area contributed by atoms with Gasteiger partial charge in [-0.05, 0) is 18.2 Å². The maximum absolute atomic E-state index is 13.6. The SMILES string of the molecule is Fc1cc(F)c(C2=CN(c3cccnc3)NO2)cc1F. The minimum absolute atomic E-state index is 0.0326. The molecule has 7 heteroatoms. The predicted molar refractivity (Wildman–Crippen MR) is 65.2 cm³/mol. The van der Waals surface area contributed by atoms with E-state index in [-0.39, 0.29) is 11.3 Å². The van der Waals surface area contributed by atoms with E-state index in [1.807, 2.05) is 0 Å². The van der Waals surface area contributed by atoms with Crippen LogP contribution in [0.1, 0.15) is 5.56 Å². The Morgan fingerprint density at radius 1 is 1.10 bits per heavy atom. The normalized spacial score (nSPS) is 14.2. The third kappa shape index (κ3) is 2.19. The molecule has 3 rings (SSSR count). The summed E-state index contributed by atoms with van der Waals surface area (Å²) in [6.45, 7) is 0. The Bertz CT molecular complexity index is 676. The van der Waals surface area contributed by atoms with Gasteiger partial charge in [0.1, 0.15) is 5.82 Å². The minimum atomic E-state index is -1.25. The molecule has 4 nitrogen and oxygen atoms in total. The smallest absolute Gasteiger partial charge is 0.177 e. The highest BCUT2D eigenvalue weighted by molar-refractivity contribution is 5.66. The standard InChI is InChI=1S/C13H8F3N3O/c14-10-5-12(16)11(15)4-9(10)13-7-19(18-20-13)8-2-1-3-17-6-8/h1-7,18H. The van der Waals surface area contributed by atoms with Crippen LogP contribution in [-0.2, 0) is 4.84 Å². The molecule has 0 saturated heterocycles. The van der Waals surface area contributed by atoms with Gasteiger partial charge in [0.25, 0.3) is 0 Å². The van der Waals surface area contributed by atoms with Crippen LogP contribution in [0.25, 0.3) is 5.76 Å². The van der Waals surface area contributed by atoms with Crippen LogP contribution in [0.15, 0.2) is 42.9 Å². The highest BCUT2D eigenvalue weighted by atomic mass is 19.2. The van der Waals surface area contributed by atoms with Crippen LogP contribution >= 0.6 is 0 Å². The summed E-state index contributed by atoms with van der Waals surface area (Å²) in [6, 6.07) is 4.66. The highest BCUT2D eigenvalue weighted by Gasteiger charge is 2.21. The summed E-state index contributed by atoms with van der Waals surface area (Å²) in [7, 11) is 0. The van der Waals surface area contributed by atoms with Crippen LogP contribution in [0.5, 0.6) is 0 Å². The van der Waals surface area contributed by atoms with Gasteiger partial charge in [0.15, 0.2) is 17.4 Å². The topological polar surface area (TPSA) is 37.4 Å². The number of halogens is 3. The maximum atomic E-state index is 13.6. The van der Waals surface area contributed by atoms with Crippen LogP contribution < -0.4 is 10.6 Å². The van der Waals surface area contributed by atoms with E-state index in [9.17, 15) is 13.2 Å². The molecule has 0 atom stereocenters. The molecule has 0 fully saturated rings. The molecule has 0 saturated carbocycles. The number of nitrogens with one attached hydrogen (secondary N) is 1. The molecule has 1 aliphatic rings. The second-order valence-corrected chi connectivity index (χ2v) is 4.01. The summed E-state index contributed by atoms with van der Waals surface area (Å²) in [6.07, 6.45) is 4.56. The molecule has 2 heterocycles. The number of hydrazine groups is 1. The summed E-state index contributed by atoms with van der Waals surface area (Å²) in [4.78, 5) is 8.98. The molecule has 20 heavy (non-hydrogen) atoms. The Kier molecular flexibility index (Phi) is 3.03. The largest absolute Gasteiger partial charge is 0.386 e. The van der Waals surface area contributed by atoms with Crippen molar-refractivity contribution in [3.05, 3.63) is 65.9 Å². The average molecular weight is 279 g/mol. The van der Waals surface area contributed by atoms with Crippen LogP contribution in [0.3, 0.4) is 0 Å². The Morgan fingerprint density at radius 3 is 2.65 bits per heavy atom. The molecular formula is C13H8F3N3O. The van der Waals surface area contributed by atoms with Crippen LogP contribution in [-0.4, -0.2) is 4.98 Å². The average Bonchev–Trinajstić information content (AvgIpc) is 2.93. The van der Waals surface area contributed by atoms with E-state index >= 15 is 0 Å². The van der Waals surface area contributed by atoms with E-state index in [2.05, 4.69) is 10.6 Å². The van der Waals surface area contributed by atoms with Crippen LogP contribution in [0.2, 0.25) is 0 Å².